The molecule has 2 N–H and O–H groups in total. The second-order valence-electron chi connectivity index (χ2n) is 3.72. The van der Waals surface area contributed by atoms with Gasteiger partial charge in [-0.3, -0.25) is 4.79 Å². The lowest BCUT2D eigenvalue weighted by atomic mass is 10.0. The van der Waals surface area contributed by atoms with Crippen LogP contribution >= 0.6 is 23.2 Å². The van der Waals surface area contributed by atoms with E-state index in [0.717, 1.165) is 6.07 Å². The summed E-state index contributed by atoms with van der Waals surface area (Å²) in [4.78, 5) is 11.1. The van der Waals surface area contributed by atoms with Crippen LogP contribution < -0.4 is 5.73 Å². The molecule has 0 unspecified atom stereocenters. The van der Waals surface area contributed by atoms with Gasteiger partial charge < -0.3 is 5.73 Å². The minimum Gasteiger partial charge on any atom is -0.366 e. The van der Waals surface area contributed by atoms with Crippen molar-refractivity contribution in [1.29, 1.82) is 0 Å². The minimum atomic E-state index is -0.694. The van der Waals surface area contributed by atoms with Crippen molar-refractivity contribution in [3.8, 4) is 11.1 Å². The van der Waals surface area contributed by atoms with Gasteiger partial charge in [-0.15, -0.1) is 0 Å². The van der Waals surface area contributed by atoms with E-state index in [0.29, 0.717) is 21.2 Å². The number of carbonyl (C=O) groups excluding carboxylic acids is 1. The van der Waals surface area contributed by atoms with E-state index in [2.05, 4.69) is 0 Å². The lowest BCUT2D eigenvalue weighted by Crippen LogP contribution is -2.11. The molecule has 0 radical (unpaired) electrons. The molecule has 0 aromatic heterocycles. The van der Waals surface area contributed by atoms with Gasteiger partial charge in [0.1, 0.15) is 5.82 Å². The van der Waals surface area contributed by atoms with E-state index >= 15 is 0 Å². The minimum absolute atomic E-state index is 0.0935. The third-order valence-corrected chi connectivity index (χ3v) is 2.97. The normalized spacial score (nSPS) is 10.4. The molecule has 2 rings (SSSR count). The number of rotatable bonds is 2. The number of halogens is 3. The third-order valence-electron chi connectivity index (χ3n) is 2.42. The smallest absolute Gasteiger partial charge is 0.248 e. The summed E-state index contributed by atoms with van der Waals surface area (Å²) < 4.78 is 13.4. The van der Waals surface area contributed by atoms with E-state index < -0.39 is 11.7 Å². The van der Waals surface area contributed by atoms with Crippen molar-refractivity contribution in [3.05, 3.63) is 57.8 Å². The first-order valence-corrected chi connectivity index (χ1v) is 5.79. The van der Waals surface area contributed by atoms with Crippen molar-refractivity contribution in [3.63, 3.8) is 0 Å². The van der Waals surface area contributed by atoms with Crippen molar-refractivity contribution < 1.29 is 9.18 Å². The van der Waals surface area contributed by atoms with Gasteiger partial charge in [0.2, 0.25) is 5.91 Å². The number of nitrogens with two attached hydrogens (primary N) is 1. The fourth-order valence-corrected chi connectivity index (χ4v) is 2.13. The first kappa shape index (κ1) is 12.9. The molecule has 5 heteroatoms. The first-order chi connectivity index (χ1) is 8.47. The maximum Gasteiger partial charge on any atom is 0.248 e. The van der Waals surface area contributed by atoms with Crippen LogP contribution in [-0.4, -0.2) is 5.91 Å². The lowest BCUT2D eigenvalue weighted by Gasteiger charge is -2.07. The number of amides is 1. The van der Waals surface area contributed by atoms with E-state index in [4.69, 9.17) is 28.9 Å². The third kappa shape index (κ3) is 2.63. The molecule has 18 heavy (non-hydrogen) atoms. The molecule has 0 aliphatic rings. The molecule has 92 valence electrons. The highest BCUT2D eigenvalue weighted by atomic mass is 35.5. The van der Waals surface area contributed by atoms with Gasteiger partial charge in [0, 0.05) is 21.2 Å². The van der Waals surface area contributed by atoms with Gasteiger partial charge in [0.25, 0.3) is 0 Å². The number of carbonyl (C=O) groups is 1. The quantitative estimate of drug-likeness (QED) is 0.893. The van der Waals surface area contributed by atoms with Crippen molar-refractivity contribution >= 4 is 29.1 Å². The van der Waals surface area contributed by atoms with Crippen LogP contribution in [-0.2, 0) is 0 Å². The van der Waals surface area contributed by atoms with Gasteiger partial charge in [-0.25, -0.2) is 4.39 Å². The van der Waals surface area contributed by atoms with Crippen molar-refractivity contribution in [1.82, 2.24) is 0 Å². The molecule has 0 saturated heterocycles. The number of hydrogen-bond donors (Lipinski definition) is 1. The highest BCUT2D eigenvalue weighted by molar-refractivity contribution is 6.36. The summed E-state index contributed by atoms with van der Waals surface area (Å²) in [5, 5.41) is 0.860. The summed E-state index contributed by atoms with van der Waals surface area (Å²) in [7, 11) is 0. The summed E-state index contributed by atoms with van der Waals surface area (Å²) in [5.74, 6) is -1.24. The number of primary amides is 1. The molecule has 0 spiro atoms. The zero-order valence-corrected chi connectivity index (χ0v) is 10.6. The molecule has 2 aromatic carbocycles. The predicted molar refractivity (Wildman–Crippen MR) is 70.4 cm³/mol. The van der Waals surface area contributed by atoms with Crippen LogP contribution in [0.2, 0.25) is 10.0 Å². The van der Waals surface area contributed by atoms with Crippen LogP contribution in [0.1, 0.15) is 10.4 Å². The largest absolute Gasteiger partial charge is 0.366 e. The maximum absolute atomic E-state index is 13.4. The molecule has 0 aliphatic heterocycles. The van der Waals surface area contributed by atoms with E-state index in [9.17, 15) is 9.18 Å². The molecule has 0 atom stereocenters. The Hall–Kier alpha value is -1.58. The van der Waals surface area contributed by atoms with Gasteiger partial charge in [-0.2, -0.15) is 0 Å². The predicted octanol–water partition coefficient (Wildman–Crippen LogP) is 3.90. The standard InChI is InChI=1S/C13H8Cl2FNO/c14-9-1-2-11(12(15)6-9)7-3-8(13(17)18)5-10(16)4-7/h1-6H,(H2,17,18). The Kier molecular flexibility index (Phi) is 3.55. The van der Waals surface area contributed by atoms with Crippen molar-refractivity contribution in [2.45, 2.75) is 0 Å². The topological polar surface area (TPSA) is 43.1 Å². The van der Waals surface area contributed by atoms with Gasteiger partial charge in [0.05, 0.1) is 0 Å². The Balaban J connectivity index is 2.60. The summed E-state index contributed by atoms with van der Waals surface area (Å²) in [6.45, 7) is 0. The summed E-state index contributed by atoms with van der Waals surface area (Å²) >= 11 is 11.8. The van der Waals surface area contributed by atoms with Crippen LogP contribution in [0.25, 0.3) is 11.1 Å². The zero-order chi connectivity index (χ0) is 13.3. The Bertz CT molecular complexity index is 628. The van der Waals surface area contributed by atoms with Crippen LogP contribution in [0.15, 0.2) is 36.4 Å². The maximum atomic E-state index is 13.4. The summed E-state index contributed by atoms with van der Waals surface area (Å²) in [5.41, 5.74) is 6.29. The lowest BCUT2D eigenvalue weighted by molar-refractivity contribution is 0.1000. The van der Waals surface area contributed by atoms with E-state index in [1.807, 2.05) is 0 Å². The van der Waals surface area contributed by atoms with Crippen molar-refractivity contribution in [2.75, 3.05) is 0 Å². The average Bonchev–Trinajstić information content (AvgIpc) is 2.27. The second-order valence-corrected chi connectivity index (χ2v) is 4.56. The summed E-state index contributed by atoms with van der Waals surface area (Å²) in [6.07, 6.45) is 0. The average molecular weight is 284 g/mol. The Morgan fingerprint density at radius 1 is 1.11 bits per heavy atom. The van der Waals surface area contributed by atoms with E-state index in [1.54, 1.807) is 18.2 Å². The molecule has 1 amide bonds. The van der Waals surface area contributed by atoms with Crippen LogP contribution in [0.3, 0.4) is 0 Å². The number of hydrogen-bond acceptors (Lipinski definition) is 1. The molecule has 0 bridgehead atoms. The van der Waals surface area contributed by atoms with Crippen molar-refractivity contribution in [2.24, 2.45) is 5.73 Å². The number of benzene rings is 2. The molecule has 0 fully saturated rings. The zero-order valence-electron chi connectivity index (χ0n) is 9.08. The second kappa shape index (κ2) is 4.96. The Morgan fingerprint density at radius 3 is 2.44 bits per heavy atom. The fraction of sp³-hybridized carbons (Fsp3) is 0. The monoisotopic (exact) mass is 283 g/mol. The first-order valence-electron chi connectivity index (χ1n) is 5.03. The molecule has 0 saturated carbocycles. The fourth-order valence-electron chi connectivity index (χ4n) is 1.61. The molecular weight excluding hydrogens is 276 g/mol. The molecule has 2 aromatic rings. The van der Waals surface area contributed by atoms with Gasteiger partial charge in [-0.05, 0) is 35.9 Å². The van der Waals surface area contributed by atoms with Crippen LogP contribution in [0.5, 0.6) is 0 Å². The Morgan fingerprint density at radius 2 is 1.83 bits per heavy atom. The van der Waals surface area contributed by atoms with Gasteiger partial charge in [0.15, 0.2) is 0 Å². The molecular formula is C13H8Cl2FNO. The van der Waals surface area contributed by atoms with E-state index in [-0.39, 0.29) is 5.56 Å². The summed E-state index contributed by atoms with van der Waals surface area (Å²) in [6, 6.07) is 8.69. The highest BCUT2D eigenvalue weighted by Crippen LogP contribution is 2.31. The van der Waals surface area contributed by atoms with Gasteiger partial charge in [-0.1, -0.05) is 29.3 Å². The SMILES string of the molecule is NC(=O)c1cc(F)cc(-c2ccc(Cl)cc2Cl)c1. The molecule has 2 nitrogen and oxygen atoms in total. The van der Waals surface area contributed by atoms with Crippen LogP contribution in [0.4, 0.5) is 4.39 Å². The van der Waals surface area contributed by atoms with Gasteiger partial charge >= 0.3 is 0 Å². The molecule has 0 aliphatic carbocycles. The highest BCUT2D eigenvalue weighted by Gasteiger charge is 2.09. The molecule has 0 heterocycles. The van der Waals surface area contributed by atoms with E-state index in [1.165, 1.54) is 12.1 Å². The van der Waals surface area contributed by atoms with Crippen LogP contribution in [0, 0.1) is 5.82 Å². The Labute approximate surface area is 113 Å².